The molecular weight excluding hydrogens is 404 g/mol. The van der Waals surface area contributed by atoms with E-state index >= 15 is 0 Å². The van der Waals surface area contributed by atoms with Gasteiger partial charge >= 0.3 is 0 Å². The zero-order chi connectivity index (χ0) is 22.5. The number of methoxy groups -OCH3 is 2. The van der Waals surface area contributed by atoms with Crippen LogP contribution in [0.2, 0.25) is 0 Å². The number of carbonyl (C=O) groups is 1. The fourth-order valence-corrected chi connectivity index (χ4v) is 3.99. The van der Waals surface area contributed by atoms with Crippen molar-refractivity contribution in [2.75, 3.05) is 37.5 Å². The zero-order valence-corrected chi connectivity index (χ0v) is 18.7. The first-order valence-electron chi connectivity index (χ1n) is 10.7. The van der Waals surface area contributed by atoms with Crippen LogP contribution in [0.1, 0.15) is 18.4 Å². The van der Waals surface area contributed by atoms with E-state index in [2.05, 4.69) is 45.3 Å². The standard InChI is InChI=1S/C25H28N4O3/c1-17-5-4-6-19(13-17)22-15-24(27-16-26-22)29-11-9-18(10-12-29)25(30)28-21-8-7-20(31-2)14-23(21)32-3/h4-8,13-16,18H,9-12H2,1-3H3,(H,28,30). The predicted molar refractivity (Wildman–Crippen MR) is 125 cm³/mol. The van der Waals surface area contributed by atoms with Crippen LogP contribution in [0.5, 0.6) is 11.5 Å². The van der Waals surface area contributed by atoms with Crippen LogP contribution in [0.4, 0.5) is 11.5 Å². The van der Waals surface area contributed by atoms with Crippen molar-refractivity contribution in [1.29, 1.82) is 0 Å². The molecule has 0 atom stereocenters. The van der Waals surface area contributed by atoms with E-state index in [1.807, 2.05) is 18.2 Å². The van der Waals surface area contributed by atoms with E-state index in [0.29, 0.717) is 17.2 Å². The second-order valence-electron chi connectivity index (χ2n) is 7.95. The minimum absolute atomic E-state index is 0.0104. The molecule has 7 nitrogen and oxygen atoms in total. The van der Waals surface area contributed by atoms with Gasteiger partial charge < -0.3 is 19.7 Å². The van der Waals surface area contributed by atoms with E-state index in [0.717, 1.165) is 43.0 Å². The molecular formula is C25H28N4O3. The third-order valence-electron chi connectivity index (χ3n) is 5.82. The van der Waals surface area contributed by atoms with Crippen molar-refractivity contribution in [3.63, 3.8) is 0 Å². The second kappa shape index (κ2) is 9.68. The van der Waals surface area contributed by atoms with Crippen molar-refractivity contribution in [3.05, 3.63) is 60.4 Å². The van der Waals surface area contributed by atoms with Crippen LogP contribution in [-0.4, -0.2) is 43.2 Å². The summed E-state index contributed by atoms with van der Waals surface area (Å²) in [7, 11) is 3.18. The number of aromatic nitrogens is 2. The molecule has 1 aromatic heterocycles. The number of aryl methyl sites for hydroxylation is 1. The predicted octanol–water partition coefficient (Wildman–Crippen LogP) is 4.32. The Morgan fingerprint density at radius 2 is 1.84 bits per heavy atom. The Bertz CT molecular complexity index is 1090. The molecule has 4 rings (SSSR count). The number of nitrogens with one attached hydrogen (secondary N) is 1. The molecule has 32 heavy (non-hydrogen) atoms. The van der Waals surface area contributed by atoms with Crippen LogP contribution in [0.25, 0.3) is 11.3 Å². The molecule has 166 valence electrons. The van der Waals surface area contributed by atoms with Gasteiger partial charge in [0.1, 0.15) is 23.6 Å². The molecule has 3 aromatic rings. The van der Waals surface area contributed by atoms with Crippen LogP contribution in [0.3, 0.4) is 0 Å². The first kappa shape index (κ1) is 21.6. The fraction of sp³-hybridized carbons (Fsp3) is 0.320. The van der Waals surface area contributed by atoms with Crippen molar-refractivity contribution in [1.82, 2.24) is 9.97 Å². The van der Waals surface area contributed by atoms with Crippen molar-refractivity contribution >= 4 is 17.4 Å². The molecule has 0 unspecified atom stereocenters. The van der Waals surface area contributed by atoms with Gasteiger partial charge in [0, 0.05) is 36.7 Å². The molecule has 1 N–H and O–H groups in total. The first-order chi connectivity index (χ1) is 15.6. The van der Waals surface area contributed by atoms with Gasteiger partial charge in [-0.2, -0.15) is 0 Å². The molecule has 0 bridgehead atoms. The lowest BCUT2D eigenvalue weighted by Crippen LogP contribution is -2.38. The third-order valence-corrected chi connectivity index (χ3v) is 5.82. The average molecular weight is 433 g/mol. The summed E-state index contributed by atoms with van der Waals surface area (Å²) in [5.74, 6) is 2.11. The molecule has 0 aliphatic carbocycles. The summed E-state index contributed by atoms with van der Waals surface area (Å²) in [5.41, 5.74) is 3.84. The molecule has 1 aliphatic rings. The summed E-state index contributed by atoms with van der Waals surface area (Å²) in [4.78, 5) is 24.0. The van der Waals surface area contributed by atoms with Gasteiger partial charge in [-0.3, -0.25) is 4.79 Å². The molecule has 1 amide bonds. The maximum Gasteiger partial charge on any atom is 0.227 e. The second-order valence-corrected chi connectivity index (χ2v) is 7.95. The number of amides is 1. The van der Waals surface area contributed by atoms with E-state index in [1.54, 1.807) is 32.7 Å². The molecule has 1 aliphatic heterocycles. The molecule has 0 saturated carbocycles. The van der Waals surface area contributed by atoms with Crippen LogP contribution in [-0.2, 0) is 4.79 Å². The van der Waals surface area contributed by atoms with Gasteiger partial charge in [-0.15, -0.1) is 0 Å². The van der Waals surface area contributed by atoms with Crippen LogP contribution in [0.15, 0.2) is 54.9 Å². The maximum atomic E-state index is 12.9. The smallest absolute Gasteiger partial charge is 0.227 e. The van der Waals surface area contributed by atoms with Crippen LogP contribution < -0.4 is 19.7 Å². The highest BCUT2D eigenvalue weighted by Gasteiger charge is 2.26. The number of hydrogen-bond acceptors (Lipinski definition) is 6. The van der Waals surface area contributed by atoms with E-state index < -0.39 is 0 Å². The minimum Gasteiger partial charge on any atom is -0.497 e. The maximum absolute atomic E-state index is 12.9. The number of anilines is 2. The number of rotatable bonds is 6. The molecule has 7 heteroatoms. The van der Waals surface area contributed by atoms with Gasteiger partial charge in [0.15, 0.2) is 0 Å². The Balaban J connectivity index is 1.39. The van der Waals surface area contributed by atoms with Crippen LogP contribution >= 0.6 is 0 Å². The number of carbonyl (C=O) groups excluding carboxylic acids is 1. The van der Waals surface area contributed by atoms with E-state index in [1.165, 1.54) is 5.56 Å². The summed E-state index contributed by atoms with van der Waals surface area (Å²) < 4.78 is 10.6. The molecule has 2 aromatic carbocycles. The molecule has 0 spiro atoms. The Hall–Kier alpha value is -3.61. The quantitative estimate of drug-likeness (QED) is 0.625. The van der Waals surface area contributed by atoms with Gasteiger partial charge in [-0.25, -0.2) is 9.97 Å². The lowest BCUT2D eigenvalue weighted by Gasteiger charge is -2.32. The Labute approximate surface area is 188 Å². The van der Waals surface area contributed by atoms with E-state index in [4.69, 9.17) is 9.47 Å². The van der Waals surface area contributed by atoms with Gasteiger partial charge in [-0.05, 0) is 38.0 Å². The van der Waals surface area contributed by atoms with E-state index in [9.17, 15) is 4.79 Å². The summed E-state index contributed by atoms with van der Waals surface area (Å²) in [5, 5.41) is 3.01. The van der Waals surface area contributed by atoms with Gasteiger partial charge in [0.05, 0.1) is 25.6 Å². The topological polar surface area (TPSA) is 76.6 Å². The van der Waals surface area contributed by atoms with Crippen molar-refractivity contribution in [3.8, 4) is 22.8 Å². The first-order valence-corrected chi connectivity index (χ1v) is 10.7. The van der Waals surface area contributed by atoms with Gasteiger partial charge in [0.25, 0.3) is 0 Å². The number of ether oxygens (including phenoxy) is 2. The third kappa shape index (κ3) is 4.82. The zero-order valence-electron chi connectivity index (χ0n) is 18.7. The number of nitrogens with zero attached hydrogens (tertiary/aromatic N) is 3. The monoisotopic (exact) mass is 432 g/mol. The van der Waals surface area contributed by atoms with Crippen molar-refractivity contribution < 1.29 is 14.3 Å². The van der Waals surface area contributed by atoms with E-state index in [-0.39, 0.29) is 11.8 Å². The highest BCUT2D eigenvalue weighted by molar-refractivity contribution is 5.94. The minimum atomic E-state index is -0.0591. The van der Waals surface area contributed by atoms with Gasteiger partial charge in [-0.1, -0.05) is 23.8 Å². The summed E-state index contributed by atoms with van der Waals surface area (Å²) in [6, 6.07) is 15.7. The highest BCUT2D eigenvalue weighted by atomic mass is 16.5. The van der Waals surface area contributed by atoms with Crippen molar-refractivity contribution in [2.24, 2.45) is 5.92 Å². The van der Waals surface area contributed by atoms with Crippen molar-refractivity contribution in [2.45, 2.75) is 19.8 Å². The lowest BCUT2D eigenvalue weighted by atomic mass is 9.95. The largest absolute Gasteiger partial charge is 0.497 e. The highest BCUT2D eigenvalue weighted by Crippen LogP contribution is 2.31. The average Bonchev–Trinajstić information content (AvgIpc) is 2.84. The molecule has 1 saturated heterocycles. The Morgan fingerprint density at radius 3 is 2.56 bits per heavy atom. The Kier molecular flexibility index (Phi) is 6.54. The molecule has 2 heterocycles. The lowest BCUT2D eigenvalue weighted by molar-refractivity contribution is -0.120. The molecule has 1 fully saturated rings. The summed E-state index contributed by atoms with van der Waals surface area (Å²) in [6.45, 7) is 3.60. The number of hydrogen-bond donors (Lipinski definition) is 1. The number of piperidine rings is 1. The SMILES string of the molecule is COc1ccc(NC(=O)C2CCN(c3cc(-c4cccc(C)c4)ncn3)CC2)c(OC)c1. The summed E-state index contributed by atoms with van der Waals surface area (Å²) in [6.07, 6.45) is 3.13. The molecule has 0 radical (unpaired) electrons. The normalized spacial score (nSPS) is 14.2. The number of benzene rings is 2. The fourth-order valence-electron chi connectivity index (χ4n) is 3.99. The summed E-state index contributed by atoms with van der Waals surface area (Å²) >= 11 is 0. The van der Waals surface area contributed by atoms with Crippen LogP contribution in [0, 0.1) is 12.8 Å². The van der Waals surface area contributed by atoms with Gasteiger partial charge in [0.2, 0.25) is 5.91 Å². The Morgan fingerprint density at radius 1 is 1.03 bits per heavy atom.